The van der Waals surface area contributed by atoms with Crippen molar-refractivity contribution in [1.29, 1.82) is 0 Å². The molecule has 0 saturated heterocycles. The van der Waals surface area contributed by atoms with Crippen LogP contribution in [-0.4, -0.2) is 0 Å². The van der Waals surface area contributed by atoms with Crippen LogP contribution >= 0.6 is 0 Å². The van der Waals surface area contributed by atoms with Gasteiger partial charge in [0.1, 0.15) is 11.2 Å². The summed E-state index contributed by atoms with van der Waals surface area (Å²) in [6.07, 6.45) is -3.02. The standard InChI is InChI=1S/C42H30O/c1-2-14-28(15-3-1)39-36(25-26-38-42(39)35-22-10-11-24-37(35)43-38)41-33-20-8-6-18-31(33)40(32-19-7-9-21-34(32)41)30-23-12-16-27-13-4-5-17-29(27)30/h1-11,13-22,24-26,31,33H,12,23H2/i1D,2D,3D,4D,5D,6D,7D,8D,9D,12D,14D,15D,16D,18D,20D,23D. The zero-order valence-corrected chi connectivity index (χ0v) is 22.5. The molecule has 0 amide bonds. The summed E-state index contributed by atoms with van der Waals surface area (Å²) in [6, 6.07) is 9.37. The second-order valence-electron chi connectivity index (χ2n) is 10.5. The summed E-state index contributed by atoms with van der Waals surface area (Å²) in [6.45, 7) is 0. The van der Waals surface area contributed by atoms with E-state index in [1.807, 2.05) is 0 Å². The molecule has 1 heteroatoms. The molecule has 3 aliphatic carbocycles. The van der Waals surface area contributed by atoms with Crippen molar-refractivity contribution in [3.8, 4) is 11.1 Å². The number of furan rings is 1. The molecule has 0 bridgehead atoms. The van der Waals surface area contributed by atoms with Gasteiger partial charge in [-0.25, -0.2) is 0 Å². The number of rotatable bonds is 3. The predicted molar refractivity (Wildman–Crippen MR) is 179 cm³/mol. The molecule has 0 spiro atoms. The molecule has 1 aromatic heterocycles. The zero-order valence-electron chi connectivity index (χ0n) is 38.5. The van der Waals surface area contributed by atoms with Crippen LogP contribution in [0.25, 0.3) is 55.8 Å². The molecule has 204 valence electrons. The van der Waals surface area contributed by atoms with Crippen LogP contribution < -0.4 is 20.9 Å². The van der Waals surface area contributed by atoms with E-state index in [1.165, 1.54) is 24.3 Å². The first kappa shape index (κ1) is 13.4. The van der Waals surface area contributed by atoms with Gasteiger partial charge >= 0.3 is 0 Å². The second-order valence-corrected chi connectivity index (χ2v) is 10.5. The lowest BCUT2D eigenvalue weighted by molar-refractivity contribution is 0.668. The van der Waals surface area contributed by atoms with E-state index in [0.717, 1.165) is 0 Å². The lowest BCUT2D eigenvalue weighted by atomic mass is 9.68. The van der Waals surface area contributed by atoms with Crippen molar-refractivity contribution in [2.45, 2.75) is 12.8 Å². The molecule has 3 aliphatic rings. The van der Waals surface area contributed by atoms with Gasteiger partial charge in [-0.3, -0.25) is 0 Å². The molecule has 4 atom stereocenters. The first-order valence-electron chi connectivity index (χ1n) is 22.0. The smallest absolute Gasteiger partial charge is 0.136 e. The third-order valence-corrected chi connectivity index (χ3v) is 8.32. The molecule has 0 radical (unpaired) electrons. The van der Waals surface area contributed by atoms with Crippen LogP contribution in [-0.2, 0) is 0 Å². The average Bonchev–Trinajstić information content (AvgIpc) is 3.60. The highest BCUT2D eigenvalue weighted by molar-refractivity contribution is 6.15. The molecule has 1 nitrogen and oxygen atoms in total. The Bertz CT molecular complexity index is 3240. The van der Waals surface area contributed by atoms with E-state index in [1.54, 1.807) is 36.4 Å². The summed E-state index contributed by atoms with van der Waals surface area (Å²) in [5.41, 5.74) is 1.27. The molecular weight excluding hydrogens is 520 g/mol. The third-order valence-electron chi connectivity index (χ3n) is 8.32. The van der Waals surface area contributed by atoms with Gasteiger partial charge in [-0.05, 0) is 73.6 Å². The minimum absolute atomic E-state index is 0.0813. The lowest BCUT2D eigenvalue weighted by Crippen LogP contribution is -2.42. The minimum atomic E-state index is -1.52. The molecule has 0 saturated carbocycles. The molecule has 5 aromatic carbocycles. The Kier molecular flexibility index (Phi) is 3.04. The molecule has 4 unspecified atom stereocenters. The maximum atomic E-state index is 9.57. The predicted octanol–water partition coefficient (Wildman–Crippen LogP) is 7.40. The zero-order chi connectivity index (χ0) is 42.3. The normalized spacial score (nSPS) is 28.7. The van der Waals surface area contributed by atoms with Gasteiger partial charge in [0.25, 0.3) is 0 Å². The monoisotopic (exact) mass is 566 g/mol. The van der Waals surface area contributed by atoms with E-state index in [9.17, 15) is 4.11 Å². The van der Waals surface area contributed by atoms with Crippen LogP contribution in [0.5, 0.6) is 0 Å². The van der Waals surface area contributed by atoms with Gasteiger partial charge in [0.05, 0.1) is 19.2 Å². The van der Waals surface area contributed by atoms with Gasteiger partial charge in [0.15, 0.2) is 0 Å². The molecule has 6 aromatic rings. The highest BCUT2D eigenvalue weighted by Gasteiger charge is 2.34. The largest absolute Gasteiger partial charge is 0.456 e. The Hall–Kier alpha value is -5.14. The number of allylic oxidation sites excluding steroid dienone is 4. The Morgan fingerprint density at radius 2 is 1.40 bits per heavy atom. The maximum Gasteiger partial charge on any atom is 0.136 e. The van der Waals surface area contributed by atoms with Gasteiger partial charge < -0.3 is 4.42 Å². The number of fused-ring (bicyclic) bond motifs is 6. The van der Waals surface area contributed by atoms with E-state index in [0.29, 0.717) is 21.9 Å². The van der Waals surface area contributed by atoms with Crippen molar-refractivity contribution < 1.29 is 26.3 Å². The Morgan fingerprint density at radius 1 is 0.674 bits per heavy atom. The number of benzene rings is 5. The van der Waals surface area contributed by atoms with Crippen molar-refractivity contribution in [2.75, 3.05) is 0 Å². The molecule has 9 rings (SSSR count). The minimum Gasteiger partial charge on any atom is -0.456 e. The fourth-order valence-corrected chi connectivity index (χ4v) is 6.60. The van der Waals surface area contributed by atoms with Gasteiger partial charge in [0, 0.05) is 30.9 Å². The van der Waals surface area contributed by atoms with Gasteiger partial charge in [-0.15, -0.1) is 0 Å². The summed E-state index contributed by atoms with van der Waals surface area (Å²) in [4.78, 5) is 0. The van der Waals surface area contributed by atoms with E-state index in [4.69, 9.17) is 22.2 Å². The number of para-hydroxylation sites is 1. The van der Waals surface area contributed by atoms with Crippen molar-refractivity contribution in [2.24, 2.45) is 11.8 Å². The first-order valence-corrected chi connectivity index (χ1v) is 13.9. The summed E-state index contributed by atoms with van der Waals surface area (Å²) in [7, 11) is 0. The fourth-order valence-electron chi connectivity index (χ4n) is 6.60. The molecular formula is C42H30O. The van der Waals surface area contributed by atoms with Gasteiger partial charge in [-0.1, -0.05) is 133 Å². The molecule has 0 fully saturated rings. The van der Waals surface area contributed by atoms with Crippen LogP contribution in [0.3, 0.4) is 0 Å². The Morgan fingerprint density at radius 3 is 2.23 bits per heavy atom. The van der Waals surface area contributed by atoms with E-state index >= 15 is 0 Å². The molecule has 1 heterocycles. The van der Waals surface area contributed by atoms with Crippen LogP contribution in [0.15, 0.2) is 144 Å². The SMILES string of the molecule is [2H]C1=C([2H])C2C(C3=c4cc([2H])c([2H])cc4=C([2H])C([2H])C3[2H])=c3cc([2H])c([2H])cc3=C(c3ccc4oc5ccccc5c4c3-c3c([2H])c([2H])c([2H])c([2H])c3[2H])C2C([2H])=C1[2H]. The Labute approximate surface area is 272 Å². The third kappa shape index (κ3) is 3.71. The second kappa shape index (κ2) is 9.71. The van der Waals surface area contributed by atoms with Crippen molar-refractivity contribution in [3.63, 3.8) is 0 Å². The van der Waals surface area contributed by atoms with Gasteiger partial charge in [0.2, 0.25) is 0 Å². The van der Waals surface area contributed by atoms with Crippen molar-refractivity contribution >= 4 is 44.7 Å². The van der Waals surface area contributed by atoms with E-state index in [2.05, 4.69) is 0 Å². The van der Waals surface area contributed by atoms with Crippen molar-refractivity contribution in [1.82, 2.24) is 0 Å². The quantitative estimate of drug-likeness (QED) is 0.218. The van der Waals surface area contributed by atoms with Crippen molar-refractivity contribution in [3.05, 3.63) is 166 Å². The highest BCUT2D eigenvalue weighted by atomic mass is 16.3. The maximum absolute atomic E-state index is 9.57. The van der Waals surface area contributed by atoms with Gasteiger partial charge in [-0.2, -0.15) is 0 Å². The molecule has 0 N–H and O–H groups in total. The molecule has 43 heavy (non-hydrogen) atoms. The summed E-state index contributed by atoms with van der Waals surface area (Å²) in [5.74, 6) is -2.70. The van der Waals surface area contributed by atoms with Crippen LogP contribution in [0.1, 0.15) is 40.3 Å². The lowest BCUT2D eigenvalue weighted by Gasteiger charge is -2.35. The van der Waals surface area contributed by atoms with Crippen LogP contribution in [0, 0.1) is 11.8 Å². The average molecular weight is 567 g/mol. The summed E-state index contributed by atoms with van der Waals surface area (Å²) < 4.78 is 149. The van der Waals surface area contributed by atoms with Crippen LogP contribution in [0.4, 0.5) is 0 Å². The number of hydrogen-bond acceptors (Lipinski definition) is 1. The number of hydrogen-bond donors (Lipinski definition) is 0. The summed E-state index contributed by atoms with van der Waals surface area (Å²) >= 11 is 0. The van der Waals surface area contributed by atoms with E-state index < -0.39 is 79.0 Å². The van der Waals surface area contributed by atoms with Crippen LogP contribution in [0.2, 0.25) is 0 Å². The van der Waals surface area contributed by atoms with E-state index in [-0.39, 0.29) is 84.5 Å². The topological polar surface area (TPSA) is 13.1 Å². The summed E-state index contributed by atoms with van der Waals surface area (Å²) in [5, 5.41) is 1.58. The molecule has 0 aliphatic heterocycles. The fraction of sp³-hybridized carbons (Fsp3) is 0.0952. The highest BCUT2D eigenvalue weighted by Crippen LogP contribution is 2.46. The Balaban J connectivity index is 1.60. The first-order chi connectivity index (χ1) is 28.0.